The Morgan fingerprint density at radius 2 is 2.07 bits per heavy atom. The average Bonchev–Trinajstić information content (AvgIpc) is 2.69. The van der Waals surface area contributed by atoms with Gasteiger partial charge in [0, 0.05) is 24.5 Å². The van der Waals surface area contributed by atoms with Crippen molar-refractivity contribution in [3.8, 4) is 18.2 Å². The lowest BCUT2D eigenvalue weighted by Gasteiger charge is -2.22. The van der Waals surface area contributed by atoms with Crippen LogP contribution in [0.1, 0.15) is 15.9 Å². The van der Waals surface area contributed by atoms with E-state index in [4.69, 9.17) is 18.0 Å². The molecule has 2 aromatic rings. The summed E-state index contributed by atoms with van der Waals surface area (Å²) in [5.41, 5.74) is 0.788. The summed E-state index contributed by atoms with van der Waals surface area (Å²) < 4.78 is 41.4. The normalized spacial score (nSPS) is 10.8. The molecule has 2 amide bonds. The smallest absolute Gasteiger partial charge is 0.422 e. The third kappa shape index (κ3) is 6.12. The molecular formula is C19H15ClF3N3O3. The van der Waals surface area contributed by atoms with Crippen LogP contribution in [0.15, 0.2) is 36.5 Å². The van der Waals surface area contributed by atoms with Gasteiger partial charge in [0.15, 0.2) is 6.61 Å². The number of nitrogens with one attached hydrogen (secondary N) is 1. The Hall–Kier alpha value is -3.25. The molecule has 0 spiro atoms. The zero-order chi connectivity index (χ0) is 21.6. The number of amides is 2. The minimum atomic E-state index is -4.56. The Labute approximate surface area is 169 Å². The quantitative estimate of drug-likeness (QED) is 0.722. The van der Waals surface area contributed by atoms with Crippen molar-refractivity contribution in [2.75, 3.05) is 25.1 Å². The summed E-state index contributed by atoms with van der Waals surface area (Å²) in [6, 6.07) is 7.50. The van der Waals surface area contributed by atoms with Gasteiger partial charge in [-0.3, -0.25) is 14.5 Å². The number of aromatic nitrogens is 1. The predicted octanol–water partition coefficient (Wildman–Crippen LogP) is 3.05. The zero-order valence-corrected chi connectivity index (χ0v) is 15.8. The van der Waals surface area contributed by atoms with Gasteiger partial charge in [0.2, 0.25) is 11.8 Å². The van der Waals surface area contributed by atoms with Crippen molar-refractivity contribution in [2.24, 2.45) is 0 Å². The molecule has 0 fully saturated rings. The van der Waals surface area contributed by atoms with Gasteiger partial charge in [-0.05, 0) is 24.3 Å². The molecule has 0 saturated carbocycles. The molecule has 0 aliphatic carbocycles. The number of pyridine rings is 1. The first kappa shape index (κ1) is 22.0. The molecule has 1 N–H and O–H groups in total. The predicted molar refractivity (Wildman–Crippen MR) is 101 cm³/mol. The summed E-state index contributed by atoms with van der Waals surface area (Å²) in [6.07, 6.45) is 1.83. The van der Waals surface area contributed by atoms with Crippen molar-refractivity contribution in [3.63, 3.8) is 0 Å². The van der Waals surface area contributed by atoms with E-state index in [1.165, 1.54) is 13.1 Å². The lowest BCUT2D eigenvalue weighted by atomic mass is 10.1. The van der Waals surface area contributed by atoms with E-state index >= 15 is 0 Å². The number of terminal acetylenes is 1. The lowest BCUT2D eigenvalue weighted by molar-refractivity contribution is -0.154. The minimum absolute atomic E-state index is 0.0515. The maximum atomic E-state index is 13.0. The molecule has 10 heteroatoms. The highest BCUT2D eigenvalue weighted by molar-refractivity contribution is 6.32. The standard InChI is InChI=1S/C19H15ClF3N3O3/c1-3-12-5-4-6-14(7-12)26(10-16(27)24-2)18(28)13-8-15(20)17(25-9-13)29-11-19(21,22)23/h1,4-9H,10-11H2,2H3,(H,24,27). The van der Waals surface area contributed by atoms with Crippen molar-refractivity contribution < 1.29 is 27.5 Å². The van der Waals surface area contributed by atoms with E-state index in [9.17, 15) is 22.8 Å². The fourth-order valence-electron chi connectivity index (χ4n) is 2.22. The van der Waals surface area contributed by atoms with Gasteiger partial charge < -0.3 is 10.1 Å². The second-order valence-electron chi connectivity index (χ2n) is 5.67. The van der Waals surface area contributed by atoms with Crippen LogP contribution in [0.3, 0.4) is 0 Å². The largest absolute Gasteiger partial charge is 0.467 e. The third-order valence-electron chi connectivity index (χ3n) is 3.58. The fraction of sp³-hybridized carbons (Fsp3) is 0.211. The number of hydrogen-bond acceptors (Lipinski definition) is 4. The van der Waals surface area contributed by atoms with Gasteiger partial charge in [0.1, 0.15) is 11.6 Å². The van der Waals surface area contributed by atoms with E-state index in [-0.39, 0.29) is 17.1 Å². The molecule has 1 heterocycles. The Morgan fingerprint density at radius 3 is 2.66 bits per heavy atom. The molecule has 0 radical (unpaired) electrons. The Morgan fingerprint density at radius 1 is 1.34 bits per heavy atom. The average molecular weight is 426 g/mol. The second-order valence-corrected chi connectivity index (χ2v) is 6.08. The van der Waals surface area contributed by atoms with Gasteiger partial charge in [0.25, 0.3) is 5.91 Å². The maximum Gasteiger partial charge on any atom is 0.422 e. The van der Waals surface area contributed by atoms with E-state index in [1.807, 2.05) is 0 Å². The summed E-state index contributed by atoms with van der Waals surface area (Å²) in [4.78, 5) is 29.6. The fourth-order valence-corrected chi connectivity index (χ4v) is 2.44. The van der Waals surface area contributed by atoms with Crippen molar-refractivity contribution in [3.05, 3.63) is 52.7 Å². The van der Waals surface area contributed by atoms with E-state index < -0.39 is 30.5 Å². The number of ether oxygens (including phenoxy) is 1. The zero-order valence-electron chi connectivity index (χ0n) is 15.1. The molecule has 0 atom stereocenters. The Kier molecular flexibility index (Phi) is 7.07. The van der Waals surface area contributed by atoms with Crippen LogP contribution < -0.4 is 15.0 Å². The SMILES string of the molecule is C#Cc1cccc(N(CC(=O)NC)C(=O)c2cnc(OCC(F)(F)F)c(Cl)c2)c1. The third-order valence-corrected chi connectivity index (χ3v) is 3.85. The summed E-state index contributed by atoms with van der Waals surface area (Å²) in [7, 11) is 1.41. The summed E-state index contributed by atoms with van der Waals surface area (Å²) in [6.45, 7) is -1.90. The van der Waals surface area contributed by atoms with Gasteiger partial charge in [-0.1, -0.05) is 23.6 Å². The first-order valence-electron chi connectivity index (χ1n) is 8.09. The molecule has 0 aliphatic rings. The topological polar surface area (TPSA) is 71.5 Å². The van der Waals surface area contributed by atoms with Gasteiger partial charge >= 0.3 is 6.18 Å². The minimum Gasteiger partial charge on any atom is -0.467 e. The number of carbonyl (C=O) groups excluding carboxylic acids is 2. The number of likely N-dealkylation sites (N-methyl/N-ethyl adjacent to an activating group) is 1. The van der Waals surface area contributed by atoms with Crippen LogP contribution in [-0.4, -0.2) is 43.2 Å². The van der Waals surface area contributed by atoms with Crippen molar-refractivity contribution >= 4 is 29.1 Å². The molecule has 6 nitrogen and oxygen atoms in total. The van der Waals surface area contributed by atoms with Crippen LogP contribution in [0, 0.1) is 12.3 Å². The van der Waals surface area contributed by atoms with Gasteiger partial charge in [0.05, 0.1) is 5.56 Å². The number of benzene rings is 1. The summed E-state index contributed by atoms with van der Waals surface area (Å²) in [5, 5.41) is 2.13. The van der Waals surface area contributed by atoms with Gasteiger partial charge in [-0.15, -0.1) is 6.42 Å². The van der Waals surface area contributed by atoms with Crippen molar-refractivity contribution in [2.45, 2.75) is 6.18 Å². The van der Waals surface area contributed by atoms with Crippen LogP contribution in [0.4, 0.5) is 18.9 Å². The van der Waals surface area contributed by atoms with E-state index in [2.05, 4.69) is 21.0 Å². The Balaban J connectivity index is 2.34. The number of nitrogens with zero attached hydrogens (tertiary/aromatic N) is 2. The Bertz CT molecular complexity index is 958. The first-order chi connectivity index (χ1) is 13.6. The molecule has 1 aromatic carbocycles. The summed E-state index contributed by atoms with van der Waals surface area (Å²) >= 11 is 5.90. The van der Waals surface area contributed by atoms with Gasteiger partial charge in [-0.25, -0.2) is 4.98 Å². The van der Waals surface area contributed by atoms with Crippen LogP contribution in [0.2, 0.25) is 5.02 Å². The molecule has 152 valence electrons. The molecule has 0 aliphatic heterocycles. The molecule has 0 unspecified atom stereocenters. The molecule has 0 saturated heterocycles. The van der Waals surface area contributed by atoms with Crippen molar-refractivity contribution in [1.29, 1.82) is 0 Å². The number of alkyl halides is 3. The van der Waals surface area contributed by atoms with Gasteiger partial charge in [-0.2, -0.15) is 13.2 Å². The highest BCUT2D eigenvalue weighted by atomic mass is 35.5. The number of halogens is 4. The maximum absolute atomic E-state index is 13.0. The number of rotatable bonds is 6. The second kappa shape index (κ2) is 9.30. The number of anilines is 1. The van der Waals surface area contributed by atoms with E-state index in [1.54, 1.807) is 18.2 Å². The van der Waals surface area contributed by atoms with Crippen LogP contribution in [0.5, 0.6) is 5.88 Å². The molecular weight excluding hydrogens is 411 g/mol. The monoisotopic (exact) mass is 425 g/mol. The van der Waals surface area contributed by atoms with Crippen LogP contribution >= 0.6 is 11.6 Å². The lowest BCUT2D eigenvalue weighted by Crippen LogP contribution is -2.40. The molecule has 0 bridgehead atoms. The highest BCUT2D eigenvalue weighted by Crippen LogP contribution is 2.26. The number of carbonyl (C=O) groups is 2. The highest BCUT2D eigenvalue weighted by Gasteiger charge is 2.29. The molecule has 29 heavy (non-hydrogen) atoms. The molecule has 1 aromatic heterocycles. The molecule has 2 rings (SSSR count). The van der Waals surface area contributed by atoms with Crippen LogP contribution in [0.25, 0.3) is 0 Å². The van der Waals surface area contributed by atoms with E-state index in [0.717, 1.165) is 17.2 Å². The first-order valence-corrected chi connectivity index (χ1v) is 8.46. The summed E-state index contributed by atoms with van der Waals surface area (Å²) in [5.74, 6) is 0.862. The van der Waals surface area contributed by atoms with E-state index in [0.29, 0.717) is 11.3 Å². The number of hydrogen-bond donors (Lipinski definition) is 1. The van der Waals surface area contributed by atoms with Crippen LogP contribution in [-0.2, 0) is 4.79 Å². The van der Waals surface area contributed by atoms with Crippen molar-refractivity contribution in [1.82, 2.24) is 10.3 Å².